The highest BCUT2D eigenvalue weighted by molar-refractivity contribution is 9.10. The lowest BCUT2D eigenvalue weighted by atomic mass is 10.1. The molecule has 1 N–H and O–H groups in total. The van der Waals surface area contributed by atoms with E-state index in [-0.39, 0.29) is 0 Å². The minimum atomic E-state index is 0.482. The second-order valence-corrected chi connectivity index (χ2v) is 6.95. The molecule has 0 spiro atoms. The Balaban J connectivity index is 1.90. The van der Waals surface area contributed by atoms with Crippen LogP contribution in [0.5, 0.6) is 0 Å². The van der Waals surface area contributed by atoms with Gasteiger partial charge in [-0.1, -0.05) is 45.8 Å². The summed E-state index contributed by atoms with van der Waals surface area (Å²) in [5.74, 6) is 1.08. The van der Waals surface area contributed by atoms with Crippen LogP contribution in [0.25, 0.3) is 0 Å². The molecule has 0 amide bonds. The summed E-state index contributed by atoms with van der Waals surface area (Å²) in [5.41, 5.74) is 2.68. The normalized spacial score (nSPS) is 12.3. The molecule has 0 aliphatic carbocycles. The van der Waals surface area contributed by atoms with Crippen LogP contribution < -0.4 is 5.32 Å². The standard InChI is InChI=1S/C17H20BrNS/c1-13-6-8-17(9-7-13)20-12-16(19-2)11-14-4-3-5-15(18)10-14/h3-10,16,19H,11-12H2,1-2H3. The molecule has 0 radical (unpaired) electrons. The Morgan fingerprint density at radius 3 is 2.55 bits per heavy atom. The smallest absolute Gasteiger partial charge is 0.0199 e. The highest BCUT2D eigenvalue weighted by Gasteiger charge is 2.08. The predicted molar refractivity (Wildman–Crippen MR) is 92.6 cm³/mol. The van der Waals surface area contributed by atoms with E-state index < -0.39 is 0 Å². The maximum atomic E-state index is 3.53. The Hall–Kier alpha value is -0.770. The lowest BCUT2D eigenvalue weighted by molar-refractivity contribution is 0.617. The number of halogens is 1. The van der Waals surface area contributed by atoms with E-state index in [9.17, 15) is 0 Å². The van der Waals surface area contributed by atoms with Crippen molar-refractivity contribution in [2.24, 2.45) is 0 Å². The molecule has 0 aliphatic heterocycles. The van der Waals surface area contributed by atoms with E-state index in [1.807, 2.05) is 18.8 Å². The van der Waals surface area contributed by atoms with Gasteiger partial charge in [0.1, 0.15) is 0 Å². The summed E-state index contributed by atoms with van der Waals surface area (Å²) in [6, 6.07) is 17.8. The van der Waals surface area contributed by atoms with Crippen LogP contribution in [0, 0.1) is 6.92 Å². The number of nitrogens with one attached hydrogen (secondary N) is 1. The predicted octanol–water partition coefficient (Wildman–Crippen LogP) is 4.68. The molecule has 0 aromatic heterocycles. The Kier molecular flexibility index (Phi) is 6.14. The third kappa shape index (κ3) is 4.97. The van der Waals surface area contributed by atoms with Crippen molar-refractivity contribution in [3.63, 3.8) is 0 Å². The quantitative estimate of drug-likeness (QED) is 0.759. The third-order valence-corrected chi connectivity index (χ3v) is 4.92. The van der Waals surface area contributed by atoms with Crippen molar-refractivity contribution in [1.82, 2.24) is 5.32 Å². The zero-order chi connectivity index (χ0) is 14.4. The summed E-state index contributed by atoms with van der Waals surface area (Å²) in [6.45, 7) is 2.12. The molecule has 0 saturated heterocycles. The van der Waals surface area contributed by atoms with Crippen LogP contribution in [-0.4, -0.2) is 18.8 Å². The molecule has 2 aromatic carbocycles. The summed E-state index contributed by atoms with van der Waals surface area (Å²) in [4.78, 5) is 1.34. The van der Waals surface area contributed by atoms with E-state index in [1.54, 1.807) is 0 Å². The molecular formula is C17H20BrNS. The van der Waals surface area contributed by atoms with Crippen LogP contribution in [0.4, 0.5) is 0 Å². The maximum Gasteiger partial charge on any atom is 0.0199 e. The van der Waals surface area contributed by atoms with Gasteiger partial charge in [-0.3, -0.25) is 0 Å². The second-order valence-electron chi connectivity index (χ2n) is 4.94. The van der Waals surface area contributed by atoms with Crippen LogP contribution in [0.15, 0.2) is 57.9 Å². The van der Waals surface area contributed by atoms with Gasteiger partial charge in [-0.2, -0.15) is 0 Å². The first-order valence-electron chi connectivity index (χ1n) is 6.78. The van der Waals surface area contributed by atoms with Gasteiger partial charge in [-0.15, -0.1) is 11.8 Å². The van der Waals surface area contributed by atoms with E-state index in [2.05, 4.69) is 76.7 Å². The topological polar surface area (TPSA) is 12.0 Å². The molecule has 2 rings (SSSR count). The van der Waals surface area contributed by atoms with Crippen molar-refractivity contribution in [2.75, 3.05) is 12.8 Å². The Morgan fingerprint density at radius 1 is 1.15 bits per heavy atom. The van der Waals surface area contributed by atoms with E-state index in [0.717, 1.165) is 16.6 Å². The Labute approximate surface area is 134 Å². The first-order chi connectivity index (χ1) is 9.67. The molecule has 0 aliphatic rings. The molecule has 0 saturated carbocycles. The molecule has 3 heteroatoms. The first-order valence-corrected chi connectivity index (χ1v) is 8.56. The largest absolute Gasteiger partial charge is 0.316 e. The van der Waals surface area contributed by atoms with Crippen LogP contribution >= 0.6 is 27.7 Å². The lowest BCUT2D eigenvalue weighted by Crippen LogP contribution is -2.30. The molecule has 2 aromatic rings. The van der Waals surface area contributed by atoms with Crippen LogP contribution in [0.1, 0.15) is 11.1 Å². The fraction of sp³-hybridized carbons (Fsp3) is 0.294. The molecule has 1 unspecified atom stereocenters. The highest BCUT2D eigenvalue weighted by Crippen LogP contribution is 2.21. The van der Waals surface area contributed by atoms with Crippen molar-refractivity contribution in [2.45, 2.75) is 24.3 Å². The van der Waals surface area contributed by atoms with E-state index in [4.69, 9.17) is 0 Å². The zero-order valence-electron chi connectivity index (χ0n) is 11.9. The van der Waals surface area contributed by atoms with Gasteiger partial charge in [0.05, 0.1) is 0 Å². The molecule has 106 valence electrons. The summed E-state index contributed by atoms with van der Waals surface area (Å²) in [6.07, 6.45) is 1.05. The second kappa shape index (κ2) is 7.87. The molecule has 20 heavy (non-hydrogen) atoms. The Morgan fingerprint density at radius 2 is 1.90 bits per heavy atom. The van der Waals surface area contributed by atoms with Crippen LogP contribution in [0.3, 0.4) is 0 Å². The van der Waals surface area contributed by atoms with Gasteiger partial charge in [0.15, 0.2) is 0 Å². The minimum absolute atomic E-state index is 0.482. The molecule has 0 heterocycles. The van der Waals surface area contributed by atoms with E-state index in [0.29, 0.717) is 6.04 Å². The van der Waals surface area contributed by atoms with Crippen LogP contribution in [-0.2, 0) is 6.42 Å². The molecule has 1 nitrogen and oxygen atoms in total. The van der Waals surface area contributed by atoms with Gasteiger partial charge < -0.3 is 5.32 Å². The van der Waals surface area contributed by atoms with Gasteiger partial charge in [0, 0.05) is 21.2 Å². The number of thioether (sulfide) groups is 1. The van der Waals surface area contributed by atoms with Gasteiger partial charge in [-0.05, 0) is 50.2 Å². The van der Waals surface area contributed by atoms with Gasteiger partial charge in [0.2, 0.25) is 0 Å². The minimum Gasteiger partial charge on any atom is -0.316 e. The summed E-state index contributed by atoms with van der Waals surface area (Å²) >= 11 is 5.44. The molecule has 1 atom stereocenters. The number of benzene rings is 2. The van der Waals surface area contributed by atoms with Crippen molar-refractivity contribution >= 4 is 27.7 Å². The number of hydrogen-bond acceptors (Lipinski definition) is 2. The highest BCUT2D eigenvalue weighted by atomic mass is 79.9. The van der Waals surface area contributed by atoms with Crippen molar-refractivity contribution in [3.05, 3.63) is 64.1 Å². The van der Waals surface area contributed by atoms with E-state index >= 15 is 0 Å². The van der Waals surface area contributed by atoms with Gasteiger partial charge in [0.25, 0.3) is 0 Å². The average molecular weight is 350 g/mol. The lowest BCUT2D eigenvalue weighted by Gasteiger charge is -2.16. The average Bonchev–Trinajstić information content (AvgIpc) is 2.45. The fourth-order valence-corrected chi connectivity index (χ4v) is 3.48. The van der Waals surface area contributed by atoms with Crippen molar-refractivity contribution in [3.8, 4) is 0 Å². The van der Waals surface area contributed by atoms with E-state index in [1.165, 1.54) is 16.0 Å². The van der Waals surface area contributed by atoms with Crippen molar-refractivity contribution < 1.29 is 0 Å². The molecule has 0 bridgehead atoms. The van der Waals surface area contributed by atoms with Gasteiger partial charge in [-0.25, -0.2) is 0 Å². The zero-order valence-corrected chi connectivity index (χ0v) is 14.3. The number of aryl methyl sites for hydroxylation is 1. The fourth-order valence-electron chi connectivity index (χ4n) is 2.02. The van der Waals surface area contributed by atoms with Gasteiger partial charge >= 0.3 is 0 Å². The number of likely N-dealkylation sites (N-methyl/N-ethyl adjacent to an activating group) is 1. The number of rotatable bonds is 6. The first kappa shape index (κ1) is 15.6. The molecular weight excluding hydrogens is 330 g/mol. The van der Waals surface area contributed by atoms with Crippen LogP contribution in [0.2, 0.25) is 0 Å². The SMILES string of the molecule is CNC(CSc1ccc(C)cc1)Cc1cccc(Br)c1. The number of hydrogen-bond donors (Lipinski definition) is 1. The molecule has 0 fully saturated rings. The van der Waals surface area contributed by atoms with Crippen molar-refractivity contribution in [1.29, 1.82) is 0 Å². The summed E-state index contributed by atoms with van der Waals surface area (Å²) < 4.78 is 1.15. The monoisotopic (exact) mass is 349 g/mol. The Bertz CT molecular complexity index is 539. The maximum absolute atomic E-state index is 3.53. The third-order valence-electron chi connectivity index (χ3n) is 3.25. The summed E-state index contributed by atoms with van der Waals surface area (Å²) in [5, 5.41) is 3.42. The summed E-state index contributed by atoms with van der Waals surface area (Å²) in [7, 11) is 2.04.